The molecule has 100 valence electrons. The van der Waals surface area contributed by atoms with Gasteiger partial charge in [0.15, 0.2) is 11.0 Å². The zero-order chi connectivity index (χ0) is 13.2. The second-order valence-corrected chi connectivity index (χ2v) is 5.27. The number of rotatable bonds is 2. The van der Waals surface area contributed by atoms with Gasteiger partial charge in [0.05, 0.1) is 6.10 Å². The number of aliphatic hydroxyl groups excluding tert-OH is 1. The number of nitrogens with one attached hydrogen (secondary N) is 1. The maximum Gasteiger partial charge on any atom is 0.159 e. The van der Waals surface area contributed by atoms with E-state index in [2.05, 4.69) is 20.5 Å². The molecule has 0 spiro atoms. The van der Waals surface area contributed by atoms with Crippen LogP contribution >= 0.6 is 11.6 Å². The molecule has 1 aliphatic rings. The first-order chi connectivity index (χ1) is 9.24. The first-order valence-electron chi connectivity index (χ1n) is 6.44. The Morgan fingerprint density at radius 2 is 1.95 bits per heavy atom. The van der Waals surface area contributed by atoms with Gasteiger partial charge in [-0.2, -0.15) is 0 Å². The van der Waals surface area contributed by atoms with Gasteiger partial charge in [-0.15, -0.1) is 10.2 Å². The van der Waals surface area contributed by atoms with E-state index >= 15 is 0 Å². The van der Waals surface area contributed by atoms with Gasteiger partial charge in [0.1, 0.15) is 0 Å². The van der Waals surface area contributed by atoms with Crippen LogP contribution in [0.5, 0.6) is 0 Å². The van der Waals surface area contributed by atoms with Gasteiger partial charge in [-0.3, -0.25) is 4.98 Å². The number of anilines is 1. The molecule has 0 aromatic carbocycles. The van der Waals surface area contributed by atoms with E-state index in [9.17, 15) is 5.11 Å². The Hall–Kier alpha value is -1.46. The van der Waals surface area contributed by atoms with Crippen molar-refractivity contribution in [3.8, 4) is 0 Å². The summed E-state index contributed by atoms with van der Waals surface area (Å²) in [5, 5.41) is 23.1. The zero-order valence-electron chi connectivity index (χ0n) is 10.4. The lowest BCUT2D eigenvalue weighted by Gasteiger charge is -2.26. The van der Waals surface area contributed by atoms with Gasteiger partial charge in [-0.1, -0.05) is 11.6 Å². The van der Waals surface area contributed by atoms with Crippen LogP contribution in [-0.4, -0.2) is 32.4 Å². The van der Waals surface area contributed by atoms with Crippen molar-refractivity contribution in [1.82, 2.24) is 15.2 Å². The Morgan fingerprint density at radius 3 is 2.74 bits per heavy atom. The minimum Gasteiger partial charge on any atom is -0.393 e. The number of hydrogen-bond acceptors (Lipinski definition) is 5. The molecule has 0 saturated heterocycles. The van der Waals surface area contributed by atoms with Crippen molar-refractivity contribution in [3.05, 3.63) is 23.6 Å². The highest BCUT2D eigenvalue weighted by molar-refractivity contribution is 6.34. The van der Waals surface area contributed by atoms with Gasteiger partial charge >= 0.3 is 0 Å². The Morgan fingerprint density at radius 1 is 1.16 bits per heavy atom. The molecule has 2 heterocycles. The number of nitrogens with zero attached hydrogens (tertiary/aromatic N) is 3. The van der Waals surface area contributed by atoms with Crippen LogP contribution in [0, 0.1) is 0 Å². The van der Waals surface area contributed by atoms with Crippen LogP contribution in [-0.2, 0) is 0 Å². The highest BCUT2D eigenvalue weighted by Crippen LogP contribution is 2.27. The monoisotopic (exact) mass is 278 g/mol. The number of fused-ring (bicyclic) bond motifs is 1. The molecule has 2 aromatic heterocycles. The second kappa shape index (κ2) is 5.27. The van der Waals surface area contributed by atoms with E-state index in [1.54, 1.807) is 12.4 Å². The molecule has 0 atom stereocenters. The van der Waals surface area contributed by atoms with Gasteiger partial charge in [0.2, 0.25) is 0 Å². The Labute approximate surface area is 116 Å². The van der Waals surface area contributed by atoms with Crippen molar-refractivity contribution < 1.29 is 5.11 Å². The third-order valence-corrected chi connectivity index (χ3v) is 3.85. The fourth-order valence-corrected chi connectivity index (χ4v) is 2.69. The molecule has 0 unspecified atom stereocenters. The summed E-state index contributed by atoms with van der Waals surface area (Å²) in [6, 6.07) is 2.16. The van der Waals surface area contributed by atoms with Crippen LogP contribution in [0.15, 0.2) is 18.5 Å². The lowest BCUT2D eigenvalue weighted by Crippen LogP contribution is -2.28. The molecule has 0 radical (unpaired) electrons. The summed E-state index contributed by atoms with van der Waals surface area (Å²) in [7, 11) is 0. The van der Waals surface area contributed by atoms with E-state index in [0.29, 0.717) is 17.0 Å². The summed E-state index contributed by atoms with van der Waals surface area (Å²) >= 11 is 6.03. The molecule has 1 saturated carbocycles. The van der Waals surface area contributed by atoms with E-state index in [-0.39, 0.29) is 6.10 Å². The lowest BCUT2D eigenvalue weighted by atomic mass is 9.93. The Kier molecular flexibility index (Phi) is 3.48. The van der Waals surface area contributed by atoms with Crippen molar-refractivity contribution in [2.45, 2.75) is 37.8 Å². The molecule has 6 heteroatoms. The summed E-state index contributed by atoms with van der Waals surface area (Å²) in [4.78, 5) is 4.11. The number of halogens is 1. The summed E-state index contributed by atoms with van der Waals surface area (Å²) < 4.78 is 0. The van der Waals surface area contributed by atoms with Crippen LogP contribution in [0.2, 0.25) is 5.15 Å². The molecule has 2 aromatic rings. The smallest absolute Gasteiger partial charge is 0.159 e. The minimum absolute atomic E-state index is 0.159. The first kappa shape index (κ1) is 12.6. The molecule has 1 aliphatic carbocycles. The van der Waals surface area contributed by atoms with Crippen LogP contribution in [0.3, 0.4) is 0 Å². The average Bonchev–Trinajstić information content (AvgIpc) is 2.45. The topological polar surface area (TPSA) is 70.9 Å². The first-order valence-corrected chi connectivity index (χ1v) is 6.82. The van der Waals surface area contributed by atoms with E-state index in [4.69, 9.17) is 11.6 Å². The van der Waals surface area contributed by atoms with Crippen molar-refractivity contribution in [3.63, 3.8) is 0 Å². The van der Waals surface area contributed by atoms with E-state index in [1.807, 2.05) is 6.07 Å². The molecule has 1 fully saturated rings. The minimum atomic E-state index is -0.159. The number of aliphatic hydroxyl groups is 1. The largest absolute Gasteiger partial charge is 0.393 e. The van der Waals surface area contributed by atoms with E-state index < -0.39 is 0 Å². The molecular weight excluding hydrogens is 264 g/mol. The summed E-state index contributed by atoms with van der Waals surface area (Å²) in [6.45, 7) is 0. The number of aromatic nitrogens is 3. The van der Waals surface area contributed by atoms with Gasteiger partial charge in [-0.25, -0.2) is 0 Å². The van der Waals surface area contributed by atoms with Crippen LogP contribution in [0.4, 0.5) is 5.82 Å². The number of pyridine rings is 1. The zero-order valence-corrected chi connectivity index (χ0v) is 11.1. The van der Waals surface area contributed by atoms with Gasteiger partial charge in [0.25, 0.3) is 0 Å². The van der Waals surface area contributed by atoms with E-state index in [1.165, 1.54) is 0 Å². The third kappa shape index (κ3) is 2.62. The second-order valence-electron chi connectivity index (χ2n) is 4.91. The van der Waals surface area contributed by atoms with Gasteiger partial charge in [0, 0.05) is 29.2 Å². The molecule has 0 aliphatic heterocycles. The van der Waals surface area contributed by atoms with Crippen LogP contribution in [0.1, 0.15) is 25.7 Å². The molecule has 19 heavy (non-hydrogen) atoms. The predicted octanol–water partition coefficient (Wildman–Crippen LogP) is 2.39. The van der Waals surface area contributed by atoms with Crippen LogP contribution < -0.4 is 5.32 Å². The van der Waals surface area contributed by atoms with Crippen LogP contribution in [0.25, 0.3) is 10.8 Å². The third-order valence-electron chi connectivity index (χ3n) is 3.57. The molecular formula is C13H15ClN4O. The van der Waals surface area contributed by atoms with Gasteiger partial charge in [-0.05, 0) is 31.7 Å². The maximum atomic E-state index is 9.52. The standard InChI is InChI=1S/C13H15ClN4O/c14-12-10-5-6-15-7-11(10)13(18-17-12)16-8-1-3-9(19)4-2-8/h5-9,19H,1-4H2,(H,16,18). The molecule has 5 nitrogen and oxygen atoms in total. The predicted molar refractivity (Wildman–Crippen MR) is 74.2 cm³/mol. The SMILES string of the molecule is OC1CCC(Nc2nnc(Cl)c3ccncc23)CC1. The fraction of sp³-hybridized carbons (Fsp3) is 0.462. The van der Waals surface area contributed by atoms with Crippen molar-refractivity contribution in [1.29, 1.82) is 0 Å². The highest BCUT2D eigenvalue weighted by Gasteiger charge is 2.20. The lowest BCUT2D eigenvalue weighted by molar-refractivity contribution is 0.126. The normalized spacial score (nSPS) is 23.5. The summed E-state index contributed by atoms with van der Waals surface area (Å²) in [6.07, 6.45) is 6.81. The van der Waals surface area contributed by atoms with Crippen molar-refractivity contribution in [2.75, 3.05) is 5.32 Å². The quantitative estimate of drug-likeness (QED) is 0.883. The van der Waals surface area contributed by atoms with Gasteiger partial charge < -0.3 is 10.4 Å². The Bertz CT molecular complexity index is 584. The Balaban J connectivity index is 1.87. The van der Waals surface area contributed by atoms with Crippen molar-refractivity contribution >= 4 is 28.2 Å². The molecule has 3 rings (SSSR count). The fourth-order valence-electron chi connectivity index (χ4n) is 2.48. The molecule has 2 N–H and O–H groups in total. The molecule has 0 amide bonds. The van der Waals surface area contributed by atoms with Crippen molar-refractivity contribution in [2.24, 2.45) is 0 Å². The molecule has 0 bridgehead atoms. The highest BCUT2D eigenvalue weighted by atomic mass is 35.5. The van der Waals surface area contributed by atoms with E-state index in [0.717, 1.165) is 36.5 Å². The average molecular weight is 279 g/mol. The summed E-state index contributed by atoms with van der Waals surface area (Å²) in [5.74, 6) is 0.717. The maximum absolute atomic E-state index is 9.52. The summed E-state index contributed by atoms with van der Waals surface area (Å²) in [5.41, 5.74) is 0. The number of hydrogen-bond donors (Lipinski definition) is 2.